The molecule has 0 N–H and O–H groups in total. The second-order valence-corrected chi connectivity index (χ2v) is 5.40. The van der Waals surface area contributed by atoms with Crippen molar-refractivity contribution < 1.29 is 4.79 Å². The topological polar surface area (TPSA) is 38.1 Å². The van der Waals surface area contributed by atoms with Gasteiger partial charge in [-0.15, -0.1) is 0 Å². The first-order valence-electron chi connectivity index (χ1n) is 7.03. The van der Waals surface area contributed by atoms with E-state index in [0.717, 1.165) is 37.2 Å². The molecular formula is C16H19N3O. The third-order valence-corrected chi connectivity index (χ3v) is 4.09. The number of nitrogens with zero attached hydrogens (tertiary/aromatic N) is 3. The van der Waals surface area contributed by atoms with Crippen LogP contribution in [0.1, 0.15) is 35.8 Å². The van der Waals surface area contributed by atoms with Crippen LogP contribution in [0.5, 0.6) is 0 Å². The van der Waals surface area contributed by atoms with E-state index >= 15 is 0 Å². The molecule has 1 atom stereocenters. The van der Waals surface area contributed by atoms with Gasteiger partial charge in [0.1, 0.15) is 5.82 Å². The predicted molar refractivity (Wildman–Crippen MR) is 77.8 cm³/mol. The summed E-state index contributed by atoms with van der Waals surface area (Å²) in [6, 6.07) is 8.51. The van der Waals surface area contributed by atoms with E-state index in [4.69, 9.17) is 0 Å². The molecule has 3 rings (SSSR count). The van der Waals surface area contributed by atoms with Crippen molar-refractivity contribution in [3.63, 3.8) is 0 Å². The second kappa shape index (κ2) is 5.12. The van der Waals surface area contributed by atoms with Crippen LogP contribution in [0.2, 0.25) is 0 Å². The molecule has 0 radical (unpaired) electrons. The van der Waals surface area contributed by atoms with E-state index < -0.39 is 0 Å². The average Bonchev–Trinajstić information content (AvgIpc) is 3.06. The van der Waals surface area contributed by atoms with Crippen LogP contribution in [0.3, 0.4) is 0 Å². The number of aryl methyl sites for hydroxylation is 2. The maximum absolute atomic E-state index is 11.0. The molecule has 1 amide bonds. The Morgan fingerprint density at radius 3 is 2.55 bits per heavy atom. The fourth-order valence-corrected chi connectivity index (χ4v) is 3.03. The molecular weight excluding hydrogens is 250 g/mol. The van der Waals surface area contributed by atoms with Crippen LogP contribution in [0.25, 0.3) is 5.82 Å². The van der Waals surface area contributed by atoms with Gasteiger partial charge in [-0.3, -0.25) is 4.79 Å². The average molecular weight is 269 g/mol. The Hall–Kier alpha value is -2.10. The Balaban J connectivity index is 1.90. The van der Waals surface area contributed by atoms with Crippen LogP contribution >= 0.6 is 0 Å². The minimum Gasteiger partial charge on any atom is -0.338 e. The van der Waals surface area contributed by atoms with Crippen molar-refractivity contribution in [2.45, 2.75) is 32.7 Å². The zero-order chi connectivity index (χ0) is 14.1. The van der Waals surface area contributed by atoms with Crippen molar-refractivity contribution in [3.8, 4) is 5.82 Å². The van der Waals surface area contributed by atoms with Crippen LogP contribution < -0.4 is 0 Å². The highest BCUT2D eigenvalue weighted by atomic mass is 16.1. The predicted octanol–water partition coefficient (Wildman–Crippen LogP) is 2.78. The summed E-state index contributed by atoms with van der Waals surface area (Å²) in [5, 5.41) is 0. The highest BCUT2D eigenvalue weighted by Crippen LogP contribution is 2.30. The van der Waals surface area contributed by atoms with E-state index in [0.29, 0.717) is 0 Å². The van der Waals surface area contributed by atoms with Crippen molar-refractivity contribution in [3.05, 3.63) is 47.4 Å². The summed E-state index contributed by atoms with van der Waals surface area (Å²) in [7, 11) is 0. The van der Waals surface area contributed by atoms with Gasteiger partial charge in [-0.25, -0.2) is 4.98 Å². The first kappa shape index (κ1) is 12.9. The minimum absolute atomic E-state index is 0.195. The van der Waals surface area contributed by atoms with Gasteiger partial charge in [0.2, 0.25) is 6.41 Å². The highest BCUT2D eigenvalue weighted by Gasteiger charge is 2.24. The first-order valence-corrected chi connectivity index (χ1v) is 7.03. The molecule has 0 unspecified atom stereocenters. The van der Waals surface area contributed by atoms with Gasteiger partial charge in [-0.2, -0.15) is 0 Å². The quantitative estimate of drug-likeness (QED) is 0.804. The number of hydrogen-bond donors (Lipinski definition) is 0. The maximum Gasteiger partial charge on any atom is 0.210 e. The summed E-state index contributed by atoms with van der Waals surface area (Å²) in [5.41, 5.74) is 3.48. The number of likely N-dealkylation sites (tertiary alicyclic amines) is 1. The number of carbonyl (C=O) groups is 1. The van der Waals surface area contributed by atoms with Crippen LogP contribution in [0.15, 0.2) is 30.5 Å². The van der Waals surface area contributed by atoms with Crippen molar-refractivity contribution in [1.82, 2.24) is 14.5 Å². The van der Waals surface area contributed by atoms with Crippen molar-refractivity contribution in [2.75, 3.05) is 6.54 Å². The van der Waals surface area contributed by atoms with Crippen molar-refractivity contribution >= 4 is 6.41 Å². The normalized spacial score (nSPS) is 18.5. The second-order valence-electron chi connectivity index (χ2n) is 5.40. The van der Waals surface area contributed by atoms with Gasteiger partial charge >= 0.3 is 0 Å². The minimum atomic E-state index is 0.195. The molecule has 3 heterocycles. The lowest BCUT2D eigenvalue weighted by molar-refractivity contribution is -0.118. The zero-order valence-electron chi connectivity index (χ0n) is 11.9. The number of aromatic nitrogens is 2. The molecule has 20 heavy (non-hydrogen) atoms. The molecule has 0 bridgehead atoms. The Morgan fingerprint density at radius 1 is 1.20 bits per heavy atom. The van der Waals surface area contributed by atoms with Gasteiger partial charge in [0.25, 0.3) is 0 Å². The molecule has 1 aliphatic rings. The maximum atomic E-state index is 11.0. The SMILES string of the molecule is Cc1ccc(C)n1-c1ccc([C@H]2CCCN2C=O)cn1. The van der Waals surface area contributed by atoms with E-state index in [1.54, 1.807) is 0 Å². The third kappa shape index (κ3) is 2.11. The largest absolute Gasteiger partial charge is 0.338 e. The van der Waals surface area contributed by atoms with Crippen LogP contribution in [-0.4, -0.2) is 27.4 Å². The van der Waals surface area contributed by atoms with E-state index in [9.17, 15) is 4.79 Å². The lowest BCUT2D eigenvalue weighted by atomic mass is 10.1. The van der Waals surface area contributed by atoms with Gasteiger partial charge in [0, 0.05) is 24.1 Å². The number of rotatable bonds is 3. The van der Waals surface area contributed by atoms with E-state index in [1.165, 1.54) is 11.4 Å². The van der Waals surface area contributed by atoms with Gasteiger partial charge in [-0.05, 0) is 50.5 Å². The van der Waals surface area contributed by atoms with Gasteiger partial charge < -0.3 is 9.47 Å². The fraction of sp³-hybridized carbons (Fsp3) is 0.375. The summed E-state index contributed by atoms with van der Waals surface area (Å²) in [4.78, 5) is 17.5. The first-order chi connectivity index (χ1) is 9.70. The molecule has 104 valence electrons. The lowest BCUT2D eigenvalue weighted by Gasteiger charge is -2.20. The summed E-state index contributed by atoms with van der Waals surface area (Å²) >= 11 is 0. The zero-order valence-corrected chi connectivity index (χ0v) is 11.9. The van der Waals surface area contributed by atoms with E-state index in [1.807, 2.05) is 17.2 Å². The Morgan fingerprint density at radius 2 is 1.95 bits per heavy atom. The molecule has 0 spiro atoms. The molecule has 1 saturated heterocycles. The lowest BCUT2D eigenvalue weighted by Crippen LogP contribution is -2.21. The van der Waals surface area contributed by atoms with Crippen LogP contribution in [-0.2, 0) is 4.79 Å². The number of pyridine rings is 1. The fourth-order valence-electron chi connectivity index (χ4n) is 3.03. The van der Waals surface area contributed by atoms with Crippen LogP contribution in [0.4, 0.5) is 0 Å². The summed E-state index contributed by atoms with van der Waals surface area (Å²) in [5.74, 6) is 0.935. The van der Waals surface area contributed by atoms with Crippen molar-refractivity contribution in [1.29, 1.82) is 0 Å². The molecule has 4 heteroatoms. The standard InChI is InChI=1S/C16H19N3O/c1-12-5-6-13(2)19(12)16-8-7-14(10-17-16)15-4-3-9-18(15)11-20/h5-8,10-11,15H,3-4,9H2,1-2H3/t15-/m1/s1. The molecule has 0 aromatic carbocycles. The Bertz CT molecular complexity index is 596. The summed E-state index contributed by atoms with van der Waals surface area (Å²) in [6.07, 6.45) is 4.95. The van der Waals surface area contributed by atoms with Crippen LogP contribution in [0, 0.1) is 13.8 Å². The molecule has 2 aromatic heterocycles. The molecule has 1 aliphatic heterocycles. The highest BCUT2D eigenvalue weighted by molar-refractivity contribution is 5.49. The number of amides is 1. The molecule has 4 nitrogen and oxygen atoms in total. The monoisotopic (exact) mass is 269 g/mol. The molecule has 0 aliphatic carbocycles. The van der Waals surface area contributed by atoms with Gasteiger partial charge in [0.15, 0.2) is 0 Å². The molecule has 1 fully saturated rings. The Kier molecular flexibility index (Phi) is 3.30. The molecule has 0 saturated carbocycles. The van der Waals surface area contributed by atoms with E-state index in [-0.39, 0.29) is 6.04 Å². The number of hydrogen-bond acceptors (Lipinski definition) is 2. The smallest absolute Gasteiger partial charge is 0.210 e. The van der Waals surface area contributed by atoms with E-state index in [2.05, 4.69) is 41.6 Å². The van der Waals surface area contributed by atoms with Crippen molar-refractivity contribution in [2.24, 2.45) is 0 Å². The van der Waals surface area contributed by atoms with Gasteiger partial charge in [0.05, 0.1) is 6.04 Å². The molecule has 2 aromatic rings. The van der Waals surface area contributed by atoms with Gasteiger partial charge in [-0.1, -0.05) is 6.07 Å². The summed E-state index contributed by atoms with van der Waals surface area (Å²) < 4.78 is 2.13. The number of carbonyl (C=O) groups excluding carboxylic acids is 1. The summed E-state index contributed by atoms with van der Waals surface area (Å²) in [6.45, 7) is 5.01. The third-order valence-electron chi connectivity index (χ3n) is 4.09. The Labute approximate surface area is 119 Å².